The van der Waals surface area contributed by atoms with Crippen molar-refractivity contribution in [1.29, 1.82) is 0 Å². The van der Waals surface area contributed by atoms with Gasteiger partial charge in [-0.2, -0.15) is 0 Å². The first-order valence-corrected chi connectivity index (χ1v) is 26.6. The summed E-state index contributed by atoms with van der Waals surface area (Å²) in [6, 6.07) is 0. The summed E-state index contributed by atoms with van der Waals surface area (Å²) >= 11 is 1.38. The van der Waals surface area contributed by atoms with E-state index in [0.29, 0.717) is 0 Å². The van der Waals surface area contributed by atoms with Gasteiger partial charge in [-0.3, -0.25) is 0 Å². The molecule has 0 aromatic heterocycles. The summed E-state index contributed by atoms with van der Waals surface area (Å²) in [5.41, 5.74) is 0. The second kappa shape index (κ2) is 28.2. The topological polar surface area (TPSA) is 554 Å². The quantitative estimate of drug-likeness (QED) is 0.0448. The van der Waals surface area contributed by atoms with Gasteiger partial charge in [0.1, 0.15) is 159 Å². The van der Waals surface area contributed by atoms with Crippen LogP contribution in [0.3, 0.4) is 0 Å². The molecule has 36 heteroatoms. The summed E-state index contributed by atoms with van der Waals surface area (Å²) in [6.45, 7) is -6.62. The molecule has 8 aliphatic heterocycles. The predicted molar refractivity (Wildman–Crippen MR) is 246 cm³/mol. The van der Waals surface area contributed by atoms with E-state index in [-0.39, 0.29) is 23.7 Å². The van der Waals surface area contributed by atoms with Crippen molar-refractivity contribution in [1.82, 2.24) is 0 Å². The van der Waals surface area contributed by atoms with Crippen LogP contribution in [-0.2, 0) is 66.3 Å². The van der Waals surface area contributed by atoms with E-state index in [9.17, 15) is 102 Å². The minimum absolute atomic E-state index is 0.0283. The SMILES string of the molecule is OCCO[C@H]1O[C@H](CO)[C@@H](O[C@H]2O[C@H](CO)[C@@H](O[C@H]3O[C@H](CO)[C@@H](O[C@H]4O[C@H](CO)[C@@H](O[C@H]5O[C@H](CO)[C@@H](O[C@H]6O[C@H](CO)[C@@H](O[C@H]7O[C@H](CO)[C@@H](O)[C@@H](O)[C@@H]7O)[C@H](O)[C@H]6O)[C@H](O)[C@H]5O)[C@H](O)[C@H]4O)[C@H](O)[C@H]3O)[C@H](O)[C@H]2O)[C@H]2S[C@@H]12. The van der Waals surface area contributed by atoms with Crippen LogP contribution in [0.25, 0.3) is 0 Å². The van der Waals surface area contributed by atoms with Gasteiger partial charge in [0.25, 0.3) is 0 Å². The Hall–Kier alpha value is -1.05. The molecule has 80 heavy (non-hydrogen) atoms. The first-order chi connectivity index (χ1) is 38.2. The fraction of sp³-hybridized carbons (Fsp3) is 1.00. The first kappa shape index (κ1) is 64.9. The molecule has 466 valence electrons. The maximum atomic E-state index is 11.4. The molecule has 35 atom stereocenters. The highest BCUT2D eigenvalue weighted by Gasteiger charge is 2.61. The lowest BCUT2D eigenvalue weighted by atomic mass is 9.95. The summed E-state index contributed by atoms with van der Waals surface area (Å²) in [6.07, 6.45) is -59.6. The van der Waals surface area contributed by atoms with Gasteiger partial charge in [0.05, 0.1) is 70.0 Å². The van der Waals surface area contributed by atoms with Gasteiger partial charge >= 0.3 is 0 Å². The van der Waals surface area contributed by atoms with E-state index in [1.807, 2.05) is 0 Å². The summed E-state index contributed by atoms with van der Waals surface area (Å²) in [5, 5.41) is 223. The molecule has 0 saturated carbocycles. The molecule has 0 radical (unpaired) electrons. The van der Waals surface area contributed by atoms with Crippen molar-refractivity contribution in [3.63, 3.8) is 0 Å². The average Bonchev–Trinajstić information content (AvgIpc) is 4.29. The summed E-state index contributed by atoms with van der Waals surface area (Å²) < 4.78 is 79.3. The fourth-order valence-electron chi connectivity index (χ4n) is 10.5. The normalized spacial score (nSPS) is 52.8. The molecule has 0 amide bonds. The summed E-state index contributed by atoms with van der Waals surface area (Å²) in [5.74, 6) is 0. The molecule has 8 aliphatic rings. The van der Waals surface area contributed by atoms with Crippen molar-refractivity contribution < 1.29 is 174 Å². The van der Waals surface area contributed by atoms with Crippen LogP contribution in [0.1, 0.15) is 0 Å². The molecule has 0 spiro atoms. The van der Waals surface area contributed by atoms with Crippen LogP contribution in [-0.4, -0.2) is 380 Å². The summed E-state index contributed by atoms with van der Waals surface area (Å²) in [7, 11) is 0. The average molecular weight is 1200 g/mol. The van der Waals surface area contributed by atoms with E-state index in [0.717, 1.165) is 0 Å². The maximum absolute atomic E-state index is 11.4. The number of ether oxygens (including phenoxy) is 14. The van der Waals surface area contributed by atoms with Crippen molar-refractivity contribution in [2.75, 3.05) is 59.5 Å². The highest BCUT2D eigenvalue weighted by Crippen LogP contribution is 2.53. The van der Waals surface area contributed by atoms with E-state index in [2.05, 4.69) is 0 Å². The lowest BCUT2D eigenvalue weighted by molar-refractivity contribution is -0.396. The highest BCUT2D eigenvalue weighted by molar-refractivity contribution is 8.07. The Kier molecular flexibility index (Phi) is 22.9. The van der Waals surface area contributed by atoms with Crippen molar-refractivity contribution in [2.24, 2.45) is 0 Å². The third-order valence-corrected chi connectivity index (χ3v) is 16.5. The van der Waals surface area contributed by atoms with Crippen LogP contribution < -0.4 is 0 Å². The molecule has 0 aromatic carbocycles. The Balaban J connectivity index is 0.852. The number of aliphatic hydroxyl groups is 21. The molecule has 8 saturated heterocycles. The standard InChI is InChI=1S/C44H74O35S/c45-1-2-66-44-37-36(80-37)35(16(9-52)73-44)79-43-29(65)23(59)34(15(8-51)72-43)78-42-28(64)22(58)33(14(7-50)71-42)77-41-27(63)21(57)32(13(6-49)70-41)76-40-26(62)20(56)31(12(5-48)69-40)75-39-25(61)19(55)30(11(4-47)68-39)74-38-24(60)18(54)17(53)10(3-46)67-38/h10-65H,1-9H2/t10-,11-,12-,13-,14-,15-,16-,17-,18-,19-,20-,21-,22-,23-,24+,25-,26-,27-,28-,29-,30-,31-,32-,33-,34-,35-,36-,37-,38-,39-,40-,41-,42-,43-,44+/m1/s1. The van der Waals surface area contributed by atoms with Gasteiger partial charge in [-0.25, -0.2) is 0 Å². The van der Waals surface area contributed by atoms with Gasteiger partial charge in [0, 0.05) is 0 Å². The molecule has 35 nitrogen and oxygen atoms in total. The van der Waals surface area contributed by atoms with Gasteiger partial charge in [-0.15, -0.1) is 11.8 Å². The van der Waals surface area contributed by atoms with Gasteiger partial charge in [0.2, 0.25) is 0 Å². The fourth-order valence-corrected chi connectivity index (χ4v) is 11.8. The second-order valence-electron chi connectivity index (χ2n) is 20.2. The van der Waals surface area contributed by atoms with Crippen LogP contribution in [0.15, 0.2) is 0 Å². The number of hydrogen-bond acceptors (Lipinski definition) is 36. The van der Waals surface area contributed by atoms with Crippen molar-refractivity contribution >= 4 is 11.8 Å². The van der Waals surface area contributed by atoms with Crippen LogP contribution in [0.5, 0.6) is 0 Å². The third-order valence-electron chi connectivity index (χ3n) is 15.1. The van der Waals surface area contributed by atoms with E-state index in [1.165, 1.54) is 11.8 Å². The summed E-state index contributed by atoms with van der Waals surface area (Å²) in [4.78, 5) is 0. The minimum Gasteiger partial charge on any atom is -0.394 e. The van der Waals surface area contributed by atoms with E-state index in [1.54, 1.807) is 0 Å². The molecule has 8 rings (SSSR count). The van der Waals surface area contributed by atoms with Gasteiger partial charge < -0.3 is 174 Å². The Bertz CT molecular complexity index is 1880. The van der Waals surface area contributed by atoms with Crippen molar-refractivity contribution in [3.05, 3.63) is 0 Å². The second-order valence-corrected chi connectivity index (χ2v) is 21.6. The monoisotopic (exact) mass is 1190 g/mol. The van der Waals surface area contributed by atoms with E-state index < -0.39 is 249 Å². The number of hydrogen-bond donors (Lipinski definition) is 21. The van der Waals surface area contributed by atoms with Crippen LogP contribution in [0, 0.1) is 0 Å². The Morgan fingerprint density at radius 1 is 0.250 bits per heavy atom. The molecule has 8 fully saturated rings. The minimum atomic E-state index is -2.20. The molecule has 0 aromatic rings. The van der Waals surface area contributed by atoms with Gasteiger partial charge in [0.15, 0.2) is 44.0 Å². The maximum Gasteiger partial charge on any atom is 0.187 e. The van der Waals surface area contributed by atoms with Gasteiger partial charge in [-0.05, 0) is 0 Å². The Morgan fingerprint density at radius 2 is 0.487 bits per heavy atom. The Labute approximate surface area is 457 Å². The van der Waals surface area contributed by atoms with Crippen LogP contribution in [0.4, 0.5) is 0 Å². The molecule has 8 heterocycles. The van der Waals surface area contributed by atoms with Crippen molar-refractivity contribution in [3.8, 4) is 0 Å². The molecule has 21 N–H and O–H groups in total. The predicted octanol–water partition coefficient (Wildman–Crippen LogP) is -14.5. The zero-order valence-corrected chi connectivity index (χ0v) is 42.9. The number of aliphatic hydroxyl groups excluding tert-OH is 21. The number of rotatable bonds is 22. The zero-order valence-electron chi connectivity index (χ0n) is 42.1. The molecule has 0 bridgehead atoms. The molecule has 0 unspecified atom stereocenters. The molecule has 0 aliphatic carbocycles. The largest absolute Gasteiger partial charge is 0.394 e. The lowest BCUT2D eigenvalue weighted by Crippen LogP contribution is -2.68. The van der Waals surface area contributed by atoms with E-state index in [4.69, 9.17) is 71.4 Å². The zero-order chi connectivity index (χ0) is 58.2. The lowest BCUT2D eigenvalue weighted by Gasteiger charge is -2.50. The number of fused-ring (bicyclic) bond motifs is 1. The molecular weight excluding hydrogens is 1120 g/mol. The van der Waals surface area contributed by atoms with Crippen LogP contribution >= 0.6 is 11.8 Å². The Morgan fingerprint density at radius 3 is 0.762 bits per heavy atom. The van der Waals surface area contributed by atoms with E-state index >= 15 is 0 Å². The van der Waals surface area contributed by atoms with Crippen LogP contribution in [0.2, 0.25) is 0 Å². The van der Waals surface area contributed by atoms with Crippen molar-refractivity contribution in [2.45, 2.75) is 213 Å². The third kappa shape index (κ3) is 13.3. The highest BCUT2D eigenvalue weighted by atomic mass is 32.2. The smallest absolute Gasteiger partial charge is 0.187 e. The molecular formula is C44H74O35S. The number of thioether (sulfide) groups is 1. The van der Waals surface area contributed by atoms with Gasteiger partial charge in [-0.1, -0.05) is 0 Å². The first-order valence-electron chi connectivity index (χ1n) is 25.7.